The minimum atomic E-state index is -0.228. The molecule has 1 aromatic heterocycles. The maximum atomic E-state index is 12.3. The predicted octanol–water partition coefficient (Wildman–Crippen LogP) is 1.56. The van der Waals surface area contributed by atoms with E-state index in [1.54, 1.807) is 30.0 Å². The fourth-order valence-electron chi connectivity index (χ4n) is 2.20. The number of rotatable bonds is 4. The third-order valence-corrected chi connectivity index (χ3v) is 3.59. The van der Waals surface area contributed by atoms with Gasteiger partial charge in [-0.15, -0.1) is 0 Å². The van der Waals surface area contributed by atoms with Crippen molar-refractivity contribution < 1.29 is 9.53 Å². The highest BCUT2D eigenvalue weighted by molar-refractivity contribution is 5.99. The van der Waals surface area contributed by atoms with Gasteiger partial charge in [0.05, 0.1) is 18.4 Å². The largest absolute Gasteiger partial charge is 0.497 e. The van der Waals surface area contributed by atoms with E-state index in [9.17, 15) is 4.79 Å². The lowest BCUT2D eigenvalue weighted by molar-refractivity contribution is 0.0951. The topological polar surface area (TPSA) is 82.2 Å². The van der Waals surface area contributed by atoms with Crippen LogP contribution in [0, 0.1) is 13.8 Å². The van der Waals surface area contributed by atoms with Gasteiger partial charge in [-0.25, -0.2) is 0 Å². The van der Waals surface area contributed by atoms with Gasteiger partial charge in [-0.05, 0) is 32.0 Å². The minimum Gasteiger partial charge on any atom is -0.497 e. The van der Waals surface area contributed by atoms with Crippen molar-refractivity contribution in [3.8, 4) is 5.75 Å². The molecular weight excluding hydrogens is 268 g/mol. The maximum Gasteiger partial charge on any atom is 0.253 e. The molecule has 0 atom stereocenters. The van der Waals surface area contributed by atoms with Gasteiger partial charge in [-0.2, -0.15) is 5.10 Å². The van der Waals surface area contributed by atoms with Crippen molar-refractivity contribution in [3.05, 3.63) is 40.7 Å². The number of benzene rings is 1. The summed E-state index contributed by atoms with van der Waals surface area (Å²) in [5.74, 6) is 0.372. The summed E-state index contributed by atoms with van der Waals surface area (Å²) >= 11 is 0. The maximum absolute atomic E-state index is 12.3. The first-order valence-electron chi connectivity index (χ1n) is 6.64. The SMILES string of the molecule is COc1ccc(N)c(C(=O)NCc2c(C)nn(C)c2C)c1. The molecule has 0 bridgehead atoms. The second-order valence-electron chi connectivity index (χ2n) is 4.91. The number of hydrogen-bond acceptors (Lipinski definition) is 4. The number of carbonyl (C=O) groups excluding carboxylic acids is 1. The van der Waals surface area contributed by atoms with E-state index < -0.39 is 0 Å². The average molecular weight is 288 g/mol. The van der Waals surface area contributed by atoms with Crippen LogP contribution < -0.4 is 15.8 Å². The molecule has 2 aromatic rings. The molecule has 0 radical (unpaired) electrons. The van der Waals surface area contributed by atoms with Gasteiger partial charge in [0.15, 0.2) is 0 Å². The fraction of sp³-hybridized carbons (Fsp3) is 0.333. The number of methoxy groups -OCH3 is 1. The summed E-state index contributed by atoms with van der Waals surface area (Å²) in [4.78, 5) is 12.3. The van der Waals surface area contributed by atoms with Crippen LogP contribution in [0.5, 0.6) is 5.75 Å². The summed E-state index contributed by atoms with van der Waals surface area (Å²) in [5.41, 5.74) is 9.65. The number of nitrogen functional groups attached to an aromatic ring is 1. The van der Waals surface area contributed by atoms with Crippen LogP contribution >= 0.6 is 0 Å². The zero-order valence-electron chi connectivity index (χ0n) is 12.7. The molecule has 21 heavy (non-hydrogen) atoms. The van der Waals surface area contributed by atoms with E-state index in [2.05, 4.69) is 10.4 Å². The average Bonchev–Trinajstić information content (AvgIpc) is 2.70. The normalized spacial score (nSPS) is 10.5. The monoisotopic (exact) mass is 288 g/mol. The lowest BCUT2D eigenvalue weighted by atomic mass is 10.1. The molecule has 6 nitrogen and oxygen atoms in total. The molecule has 0 aliphatic heterocycles. The minimum absolute atomic E-state index is 0.228. The molecule has 0 saturated heterocycles. The van der Waals surface area contributed by atoms with Crippen LogP contribution in [0.3, 0.4) is 0 Å². The Hall–Kier alpha value is -2.50. The van der Waals surface area contributed by atoms with E-state index in [4.69, 9.17) is 10.5 Å². The third kappa shape index (κ3) is 2.99. The number of aromatic nitrogens is 2. The molecule has 0 fully saturated rings. The zero-order chi connectivity index (χ0) is 15.6. The molecule has 6 heteroatoms. The molecule has 0 aliphatic carbocycles. The zero-order valence-corrected chi connectivity index (χ0v) is 12.7. The molecule has 3 N–H and O–H groups in total. The van der Waals surface area contributed by atoms with Crippen molar-refractivity contribution in [2.24, 2.45) is 7.05 Å². The van der Waals surface area contributed by atoms with E-state index in [-0.39, 0.29) is 5.91 Å². The number of anilines is 1. The molecule has 1 amide bonds. The van der Waals surface area contributed by atoms with Gasteiger partial charge in [0.2, 0.25) is 0 Å². The summed E-state index contributed by atoms with van der Waals surface area (Å²) < 4.78 is 6.92. The molecule has 2 rings (SSSR count). The van der Waals surface area contributed by atoms with Crippen LogP contribution in [-0.4, -0.2) is 22.8 Å². The van der Waals surface area contributed by atoms with E-state index in [0.29, 0.717) is 23.5 Å². The highest BCUT2D eigenvalue weighted by Gasteiger charge is 2.14. The first-order chi connectivity index (χ1) is 9.93. The molecule has 0 unspecified atom stereocenters. The van der Waals surface area contributed by atoms with Crippen LogP contribution in [0.2, 0.25) is 0 Å². The highest BCUT2D eigenvalue weighted by Crippen LogP contribution is 2.19. The van der Waals surface area contributed by atoms with Crippen molar-refractivity contribution in [1.82, 2.24) is 15.1 Å². The number of ether oxygens (including phenoxy) is 1. The first kappa shape index (κ1) is 14.9. The van der Waals surface area contributed by atoms with E-state index in [1.807, 2.05) is 20.9 Å². The first-order valence-corrected chi connectivity index (χ1v) is 6.64. The molecule has 0 spiro atoms. The van der Waals surface area contributed by atoms with Gasteiger partial charge in [0.25, 0.3) is 5.91 Å². The Balaban J connectivity index is 2.15. The number of hydrogen-bond donors (Lipinski definition) is 2. The number of nitrogens with zero attached hydrogens (tertiary/aromatic N) is 2. The number of carbonyl (C=O) groups is 1. The molecule has 0 saturated carbocycles. The Labute approximate surface area is 123 Å². The van der Waals surface area contributed by atoms with Crippen molar-refractivity contribution in [2.75, 3.05) is 12.8 Å². The van der Waals surface area contributed by atoms with Gasteiger partial charge >= 0.3 is 0 Å². The lowest BCUT2D eigenvalue weighted by Crippen LogP contribution is -2.24. The van der Waals surface area contributed by atoms with Gasteiger partial charge in [-0.3, -0.25) is 9.48 Å². The van der Waals surface area contributed by atoms with Crippen LogP contribution in [0.25, 0.3) is 0 Å². The molecule has 112 valence electrons. The smallest absolute Gasteiger partial charge is 0.253 e. The second-order valence-corrected chi connectivity index (χ2v) is 4.91. The summed E-state index contributed by atoms with van der Waals surface area (Å²) in [6, 6.07) is 5.02. The van der Waals surface area contributed by atoms with Crippen molar-refractivity contribution in [1.29, 1.82) is 0 Å². The van der Waals surface area contributed by atoms with Crippen molar-refractivity contribution >= 4 is 11.6 Å². The Morgan fingerprint density at radius 3 is 2.71 bits per heavy atom. The third-order valence-electron chi connectivity index (χ3n) is 3.59. The van der Waals surface area contributed by atoms with E-state index in [0.717, 1.165) is 17.0 Å². The van der Waals surface area contributed by atoms with Gasteiger partial charge < -0.3 is 15.8 Å². The van der Waals surface area contributed by atoms with Gasteiger partial charge in [0.1, 0.15) is 5.75 Å². The van der Waals surface area contributed by atoms with E-state index in [1.165, 1.54) is 0 Å². The van der Waals surface area contributed by atoms with Crippen LogP contribution in [-0.2, 0) is 13.6 Å². The standard InChI is InChI=1S/C15H20N4O2/c1-9-13(10(2)19(3)18-9)8-17-15(20)12-7-11(21-4)5-6-14(12)16/h5-7H,8,16H2,1-4H3,(H,17,20). The van der Waals surface area contributed by atoms with Crippen molar-refractivity contribution in [2.45, 2.75) is 20.4 Å². The summed E-state index contributed by atoms with van der Waals surface area (Å²) in [5, 5.41) is 7.20. The molecule has 1 heterocycles. The Kier molecular flexibility index (Phi) is 4.16. The quantitative estimate of drug-likeness (QED) is 0.836. The van der Waals surface area contributed by atoms with Gasteiger partial charge in [0, 0.05) is 30.5 Å². The van der Waals surface area contributed by atoms with Crippen LogP contribution in [0.15, 0.2) is 18.2 Å². The molecule has 1 aromatic carbocycles. The van der Waals surface area contributed by atoms with Crippen LogP contribution in [0.1, 0.15) is 27.3 Å². The predicted molar refractivity (Wildman–Crippen MR) is 81.3 cm³/mol. The highest BCUT2D eigenvalue weighted by atomic mass is 16.5. The summed E-state index contributed by atoms with van der Waals surface area (Å²) in [6.45, 7) is 4.32. The number of nitrogens with two attached hydrogens (primary N) is 1. The Bertz CT molecular complexity index is 677. The van der Waals surface area contributed by atoms with Gasteiger partial charge in [-0.1, -0.05) is 0 Å². The number of nitrogens with one attached hydrogen (secondary N) is 1. The fourth-order valence-corrected chi connectivity index (χ4v) is 2.20. The van der Waals surface area contributed by atoms with E-state index >= 15 is 0 Å². The van der Waals surface area contributed by atoms with Crippen molar-refractivity contribution in [3.63, 3.8) is 0 Å². The Morgan fingerprint density at radius 1 is 1.43 bits per heavy atom. The molecule has 0 aliphatic rings. The van der Waals surface area contributed by atoms with Crippen LogP contribution in [0.4, 0.5) is 5.69 Å². The second kappa shape index (κ2) is 5.87. The molecular formula is C15H20N4O2. The Morgan fingerprint density at radius 2 is 2.14 bits per heavy atom. The number of amides is 1. The lowest BCUT2D eigenvalue weighted by Gasteiger charge is -2.09. The summed E-state index contributed by atoms with van der Waals surface area (Å²) in [6.07, 6.45) is 0. The number of aryl methyl sites for hydroxylation is 2. The summed E-state index contributed by atoms with van der Waals surface area (Å²) in [7, 11) is 3.43.